The standard InChI is InChI=1S/C11H14ClN3O4S/c12-10-4-3-9(6-11(10)15(16)17)20(18,19)14-8-2-1-5-13-7-8/h3-4,6,8,13-14H,1-2,5,7H2/t8-/m0/s1. The molecule has 0 amide bonds. The summed E-state index contributed by atoms with van der Waals surface area (Å²) in [6, 6.07) is 3.24. The van der Waals surface area contributed by atoms with E-state index in [9.17, 15) is 18.5 Å². The van der Waals surface area contributed by atoms with Crippen molar-refractivity contribution in [1.29, 1.82) is 0 Å². The van der Waals surface area contributed by atoms with Gasteiger partial charge in [0.2, 0.25) is 10.0 Å². The van der Waals surface area contributed by atoms with Gasteiger partial charge in [-0.1, -0.05) is 11.6 Å². The highest BCUT2D eigenvalue weighted by molar-refractivity contribution is 7.89. The van der Waals surface area contributed by atoms with E-state index in [0.29, 0.717) is 6.54 Å². The largest absolute Gasteiger partial charge is 0.315 e. The summed E-state index contributed by atoms with van der Waals surface area (Å²) in [4.78, 5) is 9.93. The number of nitrogens with zero attached hydrogens (tertiary/aromatic N) is 1. The van der Waals surface area contributed by atoms with Gasteiger partial charge in [-0.25, -0.2) is 13.1 Å². The minimum atomic E-state index is -3.79. The molecule has 0 radical (unpaired) electrons. The molecule has 1 aromatic carbocycles. The van der Waals surface area contributed by atoms with Crippen LogP contribution in [0.5, 0.6) is 0 Å². The summed E-state index contributed by atoms with van der Waals surface area (Å²) in [6.07, 6.45) is 1.62. The van der Waals surface area contributed by atoms with E-state index in [0.717, 1.165) is 25.5 Å². The SMILES string of the molecule is O=[N+]([O-])c1cc(S(=O)(=O)N[C@H]2CCCNC2)ccc1Cl. The predicted octanol–water partition coefficient (Wildman–Crippen LogP) is 1.28. The van der Waals surface area contributed by atoms with Gasteiger partial charge in [-0.15, -0.1) is 0 Å². The number of hydrogen-bond acceptors (Lipinski definition) is 5. The van der Waals surface area contributed by atoms with Gasteiger partial charge in [0.05, 0.1) is 9.82 Å². The van der Waals surface area contributed by atoms with Gasteiger partial charge in [-0.2, -0.15) is 0 Å². The zero-order chi connectivity index (χ0) is 14.8. The van der Waals surface area contributed by atoms with Crippen LogP contribution in [-0.2, 0) is 10.0 Å². The Kier molecular flexibility index (Phi) is 4.59. The lowest BCUT2D eigenvalue weighted by atomic mass is 10.1. The van der Waals surface area contributed by atoms with E-state index in [1.807, 2.05) is 0 Å². The second-order valence-electron chi connectivity index (χ2n) is 4.53. The van der Waals surface area contributed by atoms with Crippen molar-refractivity contribution in [3.8, 4) is 0 Å². The average molecular weight is 320 g/mol. The van der Waals surface area contributed by atoms with Crippen molar-refractivity contribution < 1.29 is 13.3 Å². The summed E-state index contributed by atoms with van der Waals surface area (Å²) in [6.45, 7) is 1.42. The number of rotatable bonds is 4. The van der Waals surface area contributed by atoms with E-state index in [2.05, 4.69) is 10.0 Å². The van der Waals surface area contributed by atoms with Crippen LogP contribution in [0.2, 0.25) is 5.02 Å². The van der Waals surface area contributed by atoms with E-state index >= 15 is 0 Å². The molecule has 2 N–H and O–H groups in total. The molecule has 1 aliphatic heterocycles. The van der Waals surface area contributed by atoms with Gasteiger partial charge in [0.25, 0.3) is 5.69 Å². The van der Waals surface area contributed by atoms with Crippen molar-refractivity contribution in [2.24, 2.45) is 0 Å². The third-order valence-corrected chi connectivity index (χ3v) is 4.88. The highest BCUT2D eigenvalue weighted by Crippen LogP contribution is 2.27. The van der Waals surface area contributed by atoms with Crippen molar-refractivity contribution in [2.45, 2.75) is 23.8 Å². The van der Waals surface area contributed by atoms with Gasteiger partial charge in [-0.3, -0.25) is 10.1 Å². The monoisotopic (exact) mass is 319 g/mol. The van der Waals surface area contributed by atoms with E-state index < -0.39 is 20.6 Å². The van der Waals surface area contributed by atoms with E-state index in [1.54, 1.807) is 0 Å². The van der Waals surface area contributed by atoms with Gasteiger partial charge in [0, 0.05) is 18.7 Å². The smallest absolute Gasteiger partial charge is 0.289 e. The number of nitro benzene ring substituents is 1. The first-order valence-electron chi connectivity index (χ1n) is 6.07. The molecule has 0 aliphatic carbocycles. The van der Waals surface area contributed by atoms with Gasteiger partial charge in [0.15, 0.2) is 0 Å². The molecule has 0 spiro atoms. The molecule has 110 valence electrons. The third-order valence-electron chi connectivity index (χ3n) is 3.04. The third kappa shape index (κ3) is 3.45. The van der Waals surface area contributed by atoms with Crippen LogP contribution in [0.3, 0.4) is 0 Å². The van der Waals surface area contributed by atoms with Crippen LogP contribution in [0.15, 0.2) is 23.1 Å². The molecule has 0 unspecified atom stereocenters. The number of nitrogens with one attached hydrogen (secondary N) is 2. The Bertz CT molecular complexity index is 614. The summed E-state index contributed by atoms with van der Waals surface area (Å²) in [5.74, 6) is 0. The van der Waals surface area contributed by atoms with Crippen LogP contribution in [0.25, 0.3) is 0 Å². The number of nitro groups is 1. The van der Waals surface area contributed by atoms with Crippen molar-refractivity contribution >= 4 is 27.3 Å². The van der Waals surface area contributed by atoms with Crippen LogP contribution in [0.1, 0.15) is 12.8 Å². The normalized spacial score (nSPS) is 19.8. The van der Waals surface area contributed by atoms with Crippen molar-refractivity contribution in [3.05, 3.63) is 33.3 Å². The maximum Gasteiger partial charge on any atom is 0.289 e. The lowest BCUT2D eigenvalue weighted by Gasteiger charge is -2.23. The first-order valence-corrected chi connectivity index (χ1v) is 7.93. The number of halogens is 1. The van der Waals surface area contributed by atoms with Crippen LogP contribution in [0, 0.1) is 10.1 Å². The van der Waals surface area contributed by atoms with Crippen LogP contribution < -0.4 is 10.0 Å². The molecule has 0 bridgehead atoms. The summed E-state index contributed by atoms with van der Waals surface area (Å²) in [5, 5.41) is 13.8. The van der Waals surface area contributed by atoms with Crippen molar-refractivity contribution in [2.75, 3.05) is 13.1 Å². The van der Waals surface area contributed by atoms with Crippen molar-refractivity contribution in [1.82, 2.24) is 10.0 Å². The Labute approximate surface area is 121 Å². The Hall–Kier alpha value is -1.22. The summed E-state index contributed by atoms with van der Waals surface area (Å²) in [7, 11) is -3.79. The molecular weight excluding hydrogens is 306 g/mol. The minimum absolute atomic E-state index is 0.0896. The molecule has 1 aliphatic rings. The molecule has 9 heteroatoms. The van der Waals surface area contributed by atoms with Gasteiger partial charge >= 0.3 is 0 Å². The number of sulfonamides is 1. The Morgan fingerprint density at radius 1 is 1.45 bits per heavy atom. The predicted molar refractivity (Wildman–Crippen MR) is 74.3 cm³/mol. The molecule has 1 heterocycles. The molecule has 0 aromatic heterocycles. The quantitative estimate of drug-likeness (QED) is 0.643. The molecule has 20 heavy (non-hydrogen) atoms. The zero-order valence-electron chi connectivity index (χ0n) is 10.5. The first kappa shape index (κ1) is 15.2. The number of piperidine rings is 1. The molecule has 0 saturated carbocycles. The topological polar surface area (TPSA) is 101 Å². The Balaban J connectivity index is 2.24. The van der Waals surface area contributed by atoms with Gasteiger partial charge in [-0.05, 0) is 31.5 Å². The lowest BCUT2D eigenvalue weighted by molar-refractivity contribution is -0.384. The summed E-state index contributed by atoms with van der Waals surface area (Å²) in [5.41, 5.74) is -0.420. The maximum absolute atomic E-state index is 12.2. The Morgan fingerprint density at radius 2 is 2.20 bits per heavy atom. The molecule has 1 aromatic rings. The summed E-state index contributed by atoms with van der Waals surface area (Å²) >= 11 is 5.67. The zero-order valence-corrected chi connectivity index (χ0v) is 12.1. The lowest BCUT2D eigenvalue weighted by Crippen LogP contribution is -2.45. The second kappa shape index (κ2) is 6.04. The van der Waals surface area contributed by atoms with Gasteiger partial charge in [0.1, 0.15) is 5.02 Å². The average Bonchev–Trinajstić information content (AvgIpc) is 2.39. The van der Waals surface area contributed by atoms with E-state index in [4.69, 9.17) is 11.6 Å². The fourth-order valence-corrected chi connectivity index (χ4v) is 3.52. The number of hydrogen-bond donors (Lipinski definition) is 2. The highest BCUT2D eigenvalue weighted by atomic mass is 35.5. The molecule has 1 fully saturated rings. The maximum atomic E-state index is 12.2. The molecular formula is C11H14ClN3O4S. The van der Waals surface area contributed by atoms with Crippen molar-refractivity contribution in [3.63, 3.8) is 0 Å². The summed E-state index contributed by atoms with van der Waals surface area (Å²) < 4.78 is 26.9. The second-order valence-corrected chi connectivity index (χ2v) is 6.66. The fraction of sp³-hybridized carbons (Fsp3) is 0.455. The van der Waals surface area contributed by atoms with Crippen LogP contribution in [0.4, 0.5) is 5.69 Å². The molecule has 1 saturated heterocycles. The Morgan fingerprint density at radius 3 is 2.80 bits per heavy atom. The number of benzene rings is 1. The van der Waals surface area contributed by atoms with Crippen LogP contribution >= 0.6 is 11.6 Å². The van der Waals surface area contributed by atoms with Gasteiger partial charge < -0.3 is 5.32 Å². The van der Waals surface area contributed by atoms with E-state index in [-0.39, 0.29) is 16.0 Å². The van der Waals surface area contributed by atoms with Crippen LogP contribution in [-0.4, -0.2) is 32.5 Å². The molecule has 1 atom stereocenters. The molecule has 2 rings (SSSR count). The highest BCUT2D eigenvalue weighted by Gasteiger charge is 2.24. The fourth-order valence-electron chi connectivity index (χ4n) is 2.04. The van der Waals surface area contributed by atoms with E-state index in [1.165, 1.54) is 12.1 Å². The minimum Gasteiger partial charge on any atom is -0.315 e. The molecule has 7 nitrogen and oxygen atoms in total. The first-order chi connectivity index (χ1) is 9.40.